The molecule has 0 aliphatic carbocycles. The van der Waals surface area contributed by atoms with Gasteiger partial charge < -0.3 is 20.1 Å². The number of rotatable bonds is 6. The standard InChI is InChI=1S/C22H22N2O5/c1-3-17-18(21(26)28-4-2)19(24-22(27)23-17)14-10-12-16(13-11-14)29-20(25)15-8-6-5-7-9-15/h5-13,19H,3-4H2,1-2H3,(H2,23,24,27). The van der Waals surface area contributed by atoms with Crippen LogP contribution in [0.4, 0.5) is 4.79 Å². The van der Waals surface area contributed by atoms with Crippen molar-refractivity contribution in [1.29, 1.82) is 0 Å². The van der Waals surface area contributed by atoms with Crippen molar-refractivity contribution in [2.45, 2.75) is 26.3 Å². The first-order valence-electron chi connectivity index (χ1n) is 9.38. The van der Waals surface area contributed by atoms with Crippen molar-refractivity contribution in [3.8, 4) is 5.75 Å². The van der Waals surface area contributed by atoms with Crippen molar-refractivity contribution in [2.24, 2.45) is 0 Å². The Morgan fingerprint density at radius 1 is 0.966 bits per heavy atom. The van der Waals surface area contributed by atoms with E-state index in [9.17, 15) is 14.4 Å². The maximum atomic E-state index is 12.5. The quantitative estimate of drug-likeness (QED) is 0.578. The minimum atomic E-state index is -0.656. The molecule has 0 bridgehead atoms. The van der Waals surface area contributed by atoms with Crippen LogP contribution in [0.25, 0.3) is 0 Å². The molecule has 3 rings (SSSR count). The lowest BCUT2D eigenvalue weighted by Crippen LogP contribution is -2.45. The van der Waals surface area contributed by atoms with Crippen molar-refractivity contribution in [3.05, 3.63) is 77.0 Å². The van der Waals surface area contributed by atoms with E-state index in [0.717, 1.165) is 0 Å². The number of allylic oxidation sites excluding steroid dienone is 1. The molecule has 0 radical (unpaired) electrons. The van der Waals surface area contributed by atoms with Crippen LogP contribution in [0.3, 0.4) is 0 Å². The fourth-order valence-electron chi connectivity index (χ4n) is 3.07. The van der Waals surface area contributed by atoms with Crippen molar-refractivity contribution in [3.63, 3.8) is 0 Å². The molecule has 0 aromatic heterocycles. The van der Waals surface area contributed by atoms with E-state index in [4.69, 9.17) is 9.47 Å². The average molecular weight is 394 g/mol. The molecule has 0 spiro atoms. The summed E-state index contributed by atoms with van der Waals surface area (Å²) in [5.74, 6) is -0.587. The fraction of sp³-hybridized carbons (Fsp3) is 0.227. The molecule has 2 aromatic rings. The predicted octanol–water partition coefficient (Wildman–Crippen LogP) is 3.49. The van der Waals surface area contributed by atoms with E-state index in [2.05, 4.69) is 10.6 Å². The Morgan fingerprint density at radius 2 is 1.66 bits per heavy atom. The Kier molecular flexibility index (Phi) is 6.29. The smallest absolute Gasteiger partial charge is 0.343 e. The van der Waals surface area contributed by atoms with Crippen LogP contribution in [0.1, 0.15) is 42.2 Å². The normalized spacial score (nSPS) is 15.9. The summed E-state index contributed by atoms with van der Waals surface area (Å²) in [7, 11) is 0. The molecule has 2 amide bonds. The minimum Gasteiger partial charge on any atom is -0.463 e. The molecule has 1 aliphatic rings. The SMILES string of the molecule is CCOC(=O)C1=C(CC)NC(=O)NC1c1ccc(OC(=O)c2ccccc2)cc1. The van der Waals surface area contributed by atoms with E-state index in [1.165, 1.54) is 0 Å². The van der Waals surface area contributed by atoms with Gasteiger partial charge in [-0.05, 0) is 43.2 Å². The lowest BCUT2D eigenvalue weighted by Gasteiger charge is -2.29. The lowest BCUT2D eigenvalue weighted by molar-refractivity contribution is -0.139. The van der Waals surface area contributed by atoms with Gasteiger partial charge in [0.2, 0.25) is 0 Å². The molecule has 0 saturated carbocycles. The maximum absolute atomic E-state index is 12.5. The second-order valence-corrected chi connectivity index (χ2v) is 6.32. The number of carbonyl (C=O) groups excluding carboxylic acids is 3. The Morgan fingerprint density at radius 3 is 2.28 bits per heavy atom. The van der Waals surface area contributed by atoms with Crippen LogP contribution < -0.4 is 15.4 Å². The highest BCUT2D eigenvalue weighted by atomic mass is 16.5. The highest BCUT2D eigenvalue weighted by Crippen LogP contribution is 2.30. The van der Waals surface area contributed by atoms with Crippen LogP contribution in [0.5, 0.6) is 5.75 Å². The summed E-state index contributed by atoms with van der Waals surface area (Å²) in [6.45, 7) is 3.81. The number of nitrogens with one attached hydrogen (secondary N) is 2. The summed E-state index contributed by atoms with van der Waals surface area (Å²) in [6.07, 6.45) is 0.477. The van der Waals surface area contributed by atoms with E-state index < -0.39 is 18.0 Å². The molecule has 7 nitrogen and oxygen atoms in total. The number of esters is 2. The number of benzene rings is 2. The summed E-state index contributed by atoms with van der Waals surface area (Å²) in [5, 5.41) is 5.43. The monoisotopic (exact) mass is 394 g/mol. The van der Waals surface area contributed by atoms with Crippen molar-refractivity contribution < 1.29 is 23.9 Å². The zero-order valence-electron chi connectivity index (χ0n) is 16.2. The van der Waals surface area contributed by atoms with Gasteiger partial charge >= 0.3 is 18.0 Å². The number of ether oxygens (including phenoxy) is 2. The molecule has 1 heterocycles. The van der Waals surface area contributed by atoms with Gasteiger partial charge in [-0.1, -0.05) is 37.3 Å². The first kappa shape index (κ1) is 20.1. The summed E-state index contributed by atoms with van der Waals surface area (Å²) < 4.78 is 10.5. The van der Waals surface area contributed by atoms with Gasteiger partial charge in [-0.3, -0.25) is 0 Å². The molecule has 2 aromatic carbocycles. The average Bonchev–Trinajstić information content (AvgIpc) is 2.74. The highest BCUT2D eigenvalue weighted by molar-refractivity contribution is 5.95. The number of carbonyl (C=O) groups is 3. The fourth-order valence-corrected chi connectivity index (χ4v) is 3.07. The van der Waals surface area contributed by atoms with E-state index in [-0.39, 0.29) is 12.6 Å². The highest BCUT2D eigenvalue weighted by Gasteiger charge is 2.33. The van der Waals surface area contributed by atoms with Crippen LogP contribution in [-0.4, -0.2) is 24.6 Å². The van der Waals surface area contributed by atoms with Crippen molar-refractivity contribution in [1.82, 2.24) is 10.6 Å². The van der Waals surface area contributed by atoms with E-state index in [0.29, 0.717) is 34.6 Å². The first-order valence-corrected chi connectivity index (χ1v) is 9.38. The zero-order valence-corrected chi connectivity index (χ0v) is 16.2. The van der Waals surface area contributed by atoms with E-state index >= 15 is 0 Å². The zero-order chi connectivity index (χ0) is 20.8. The molecular weight excluding hydrogens is 372 g/mol. The van der Waals surface area contributed by atoms with E-state index in [1.54, 1.807) is 55.5 Å². The molecular formula is C22H22N2O5. The molecule has 150 valence electrons. The van der Waals surface area contributed by atoms with Gasteiger partial charge in [-0.15, -0.1) is 0 Å². The molecule has 29 heavy (non-hydrogen) atoms. The number of hydrogen-bond acceptors (Lipinski definition) is 5. The Labute approximate surface area is 168 Å². The second kappa shape index (κ2) is 9.05. The van der Waals surface area contributed by atoms with Crippen LogP contribution in [-0.2, 0) is 9.53 Å². The van der Waals surface area contributed by atoms with Crippen LogP contribution in [0.2, 0.25) is 0 Å². The molecule has 1 aliphatic heterocycles. The lowest BCUT2D eigenvalue weighted by atomic mass is 9.94. The molecule has 0 fully saturated rings. The first-order chi connectivity index (χ1) is 14.0. The molecule has 0 saturated heterocycles. The number of hydrogen-bond donors (Lipinski definition) is 2. The summed E-state index contributed by atoms with van der Waals surface area (Å²) >= 11 is 0. The Bertz CT molecular complexity index is 935. The maximum Gasteiger partial charge on any atom is 0.343 e. The van der Waals surface area contributed by atoms with Gasteiger partial charge in [0.1, 0.15) is 5.75 Å². The topological polar surface area (TPSA) is 93.7 Å². The van der Waals surface area contributed by atoms with Gasteiger partial charge in [0.05, 0.1) is 23.8 Å². The number of amides is 2. The van der Waals surface area contributed by atoms with Gasteiger partial charge in [0.15, 0.2) is 0 Å². The molecule has 1 unspecified atom stereocenters. The second-order valence-electron chi connectivity index (χ2n) is 6.32. The van der Waals surface area contributed by atoms with Crippen LogP contribution in [0.15, 0.2) is 65.9 Å². The molecule has 2 N–H and O–H groups in total. The summed E-state index contributed by atoms with van der Waals surface area (Å²) in [4.78, 5) is 36.7. The Hall–Kier alpha value is -3.61. The van der Waals surface area contributed by atoms with Crippen LogP contribution in [0, 0.1) is 0 Å². The third kappa shape index (κ3) is 4.63. The third-order valence-corrected chi connectivity index (χ3v) is 4.44. The van der Waals surface area contributed by atoms with Gasteiger partial charge in [-0.25, -0.2) is 14.4 Å². The van der Waals surface area contributed by atoms with Crippen LogP contribution >= 0.6 is 0 Å². The third-order valence-electron chi connectivity index (χ3n) is 4.44. The minimum absolute atomic E-state index is 0.231. The summed E-state index contributed by atoms with van der Waals surface area (Å²) in [5.41, 5.74) is 2.01. The van der Waals surface area contributed by atoms with Crippen molar-refractivity contribution in [2.75, 3.05) is 6.61 Å². The molecule has 1 atom stereocenters. The Balaban J connectivity index is 1.84. The van der Waals surface area contributed by atoms with Crippen molar-refractivity contribution >= 4 is 18.0 Å². The van der Waals surface area contributed by atoms with Gasteiger partial charge in [0, 0.05) is 5.70 Å². The van der Waals surface area contributed by atoms with Gasteiger partial charge in [0.25, 0.3) is 0 Å². The van der Waals surface area contributed by atoms with E-state index in [1.807, 2.05) is 13.0 Å². The van der Waals surface area contributed by atoms with Gasteiger partial charge in [-0.2, -0.15) is 0 Å². The largest absolute Gasteiger partial charge is 0.463 e. The predicted molar refractivity (Wildman–Crippen MR) is 106 cm³/mol. The number of urea groups is 1. The summed E-state index contributed by atoms with van der Waals surface area (Å²) in [6, 6.07) is 14.3. The molecule has 7 heteroatoms.